The summed E-state index contributed by atoms with van der Waals surface area (Å²) in [7, 11) is 0. The number of aromatic nitrogens is 4. The molecule has 1 aliphatic rings. The van der Waals surface area contributed by atoms with Gasteiger partial charge in [0.2, 0.25) is 0 Å². The minimum Gasteiger partial charge on any atom is -0.340 e. The van der Waals surface area contributed by atoms with Gasteiger partial charge in [-0.25, -0.2) is 4.98 Å². The van der Waals surface area contributed by atoms with Crippen LogP contribution in [0.4, 0.5) is 0 Å². The fourth-order valence-electron chi connectivity index (χ4n) is 1.74. The van der Waals surface area contributed by atoms with Gasteiger partial charge in [0.25, 0.3) is 0 Å². The van der Waals surface area contributed by atoms with Gasteiger partial charge in [0, 0.05) is 25.7 Å². The highest BCUT2D eigenvalue weighted by Gasteiger charge is 2.14. The lowest BCUT2D eigenvalue weighted by atomic mass is 10.2. The van der Waals surface area contributed by atoms with Crippen LogP contribution in [0.3, 0.4) is 0 Å². The van der Waals surface area contributed by atoms with E-state index in [1.807, 2.05) is 6.20 Å². The van der Waals surface area contributed by atoms with Crippen LogP contribution in [-0.4, -0.2) is 26.7 Å². The number of hydrogen-bond acceptors (Lipinski definition) is 3. The molecule has 0 aliphatic carbocycles. The first-order valence-corrected chi connectivity index (χ1v) is 4.71. The Morgan fingerprint density at radius 2 is 2.12 bits per heavy atom. The Morgan fingerprint density at radius 3 is 2.81 bits per heavy atom. The van der Waals surface area contributed by atoms with E-state index in [9.17, 15) is 0 Å². The van der Waals surface area contributed by atoms with Crippen molar-refractivity contribution in [3.05, 3.63) is 23.8 Å². The minimum absolute atomic E-state index is 0. The van der Waals surface area contributed by atoms with E-state index in [1.165, 1.54) is 11.4 Å². The number of nitrogens with zero attached hydrogens (tertiary/aromatic N) is 2. The molecule has 2 aromatic rings. The molecule has 0 atom stereocenters. The van der Waals surface area contributed by atoms with Crippen LogP contribution in [0.15, 0.2) is 12.4 Å². The Bertz CT molecular complexity index is 413. The maximum atomic E-state index is 4.54. The Labute approximate surface area is 105 Å². The van der Waals surface area contributed by atoms with Crippen LogP contribution in [0.1, 0.15) is 11.4 Å². The lowest BCUT2D eigenvalue weighted by Crippen LogP contribution is -2.23. The number of H-pyrrole nitrogens is 2. The first-order chi connectivity index (χ1) is 6.93. The van der Waals surface area contributed by atoms with Gasteiger partial charge in [-0.1, -0.05) is 0 Å². The average Bonchev–Trinajstić information content (AvgIpc) is 2.86. The highest BCUT2D eigenvalue weighted by Crippen LogP contribution is 2.18. The number of nitrogens with one attached hydrogen (secondary N) is 3. The van der Waals surface area contributed by atoms with E-state index in [1.54, 1.807) is 6.20 Å². The molecule has 0 bridgehead atoms. The molecule has 0 aromatic carbocycles. The number of aromatic amines is 2. The molecule has 3 N–H and O–H groups in total. The van der Waals surface area contributed by atoms with Gasteiger partial charge in [0.1, 0.15) is 5.82 Å². The van der Waals surface area contributed by atoms with Gasteiger partial charge in [-0.3, -0.25) is 5.10 Å². The fraction of sp³-hybridized carbons (Fsp3) is 0.333. The van der Waals surface area contributed by atoms with Crippen LogP contribution in [0, 0.1) is 0 Å². The molecule has 0 fully saturated rings. The topological polar surface area (TPSA) is 69.4 Å². The first kappa shape index (κ1) is 13.0. The Balaban J connectivity index is 0.000000640. The van der Waals surface area contributed by atoms with E-state index in [0.29, 0.717) is 0 Å². The van der Waals surface area contributed by atoms with E-state index in [-0.39, 0.29) is 24.8 Å². The summed E-state index contributed by atoms with van der Waals surface area (Å²) in [5.74, 6) is 0.910. The largest absolute Gasteiger partial charge is 0.340 e. The zero-order valence-electron chi connectivity index (χ0n) is 8.49. The third-order valence-corrected chi connectivity index (χ3v) is 2.48. The second-order valence-electron chi connectivity index (χ2n) is 3.42. The van der Waals surface area contributed by atoms with Crippen molar-refractivity contribution in [1.82, 2.24) is 25.5 Å². The SMILES string of the molecule is Cl.Cl.c1n[nH]cc1-c1nc2c([nH]1)CNCC2. The van der Waals surface area contributed by atoms with Gasteiger partial charge in [0.15, 0.2) is 0 Å². The third kappa shape index (κ3) is 2.21. The van der Waals surface area contributed by atoms with Gasteiger partial charge < -0.3 is 10.3 Å². The molecule has 0 radical (unpaired) electrons. The molecule has 16 heavy (non-hydrogen) atoms. The van der Waals surface area contributed by atoms with E-state index in [2.05, 4.69) is 25.5 Å². The van der Waals surface area contributed by atoms with E-state index < -0.39 is 0 Å². The normalized spacial score (nSPS) is 13.5. The molecule has 2 aromatic heterocycles. The molecule has 0 saturated carbocycles. The van der Waals surface area contributed by atoms with E-state index >= 15 is 0 Å². The summed E-state index contributed by atoms with van der Waals surface area (Å²) < 4.78 is 0. The standard InChI is InChI=1S/C9H11N5.2ClH/c1-2-10-5-8-7(1)13-9(14-8)6-3-11-12-4-6;;/h3-4,10H,1-2,5H2,(H,11,12)(H,13,14);2*1H. The van der Waals surface area contributed by atoms with Crippen molar-refractivity contribution in [2.45, 2.75) is 13.0 Å². The van der Waals surface area contributed by atoms with Crippen molar-refractivity contribution in [3.8, 4) is 11.4 Å². The second-order valence-corrected chi connectivity index (χ2v) is 3.42. The van der Waals surface area contributed by atoms with Gasteiger partial charge in [-0.15, -0.1) is 24.8 Å². The summed E-state index contributed by atoms with van der Waals surface area (Å²) in [5, 5.41) is 9.99. The Morgan fingerprint density at radius 1 is 1.25 bits per heavy atom. The van der Waals surface area contributed by atoms with Crippen molar-refractivity contribution < 1.29 is 0 Å². The van der Waals surface area contributed by atoms with Crippen molar-refractivity contribution in [3.63, 3.8) is 0 Å². The highest BCUT2D eigenvalue weighted by molar-refractivity contribution is 5.85. The molecule has 0 amide bonds. The molecule has 1 aliphatic heterocycles. The Hall–Kier alpha value is -1.04. The predicted molar refractivity (Wildman–Crippen MR) is 66.1 cm³/mol. The van der Waals surface area contributed by atoms with Gasteiger partial charge in [0.05, 0.1) is 23.1 Å². The van der Waals surface area contributed by atoms with Crippen LogP contribution < -0.4 is 5.32 Å². The van der Waals surface area contributed by atoms with E-state index in [0.717, 1.165) is 30.9 Å². The molecular weight excluding hydrogens is 249 g/mol. The fourth-order valence-corrected chi connectivity index (χ4v) is 1.74. The molecule has 7 heteroatoms. The zero-order valence-corrected chi connectivity index (χ0v) is 10.1. The second kappa shape index (κ2) is 5.34. The van der Waals surface area contributed by atoms with Crippen LogP contribution in [-0.2, 0) is 13.0 Å². The zero-order chi connectivity index (χ0) is 9.38. The number of rotatable bonds is 1. The van der Waals surface area contributed by atoms with Crippen molar-refractivity contribution in [2.75, 3.05) is 6.54 Å². The molecular formula is C9H13Cl2N5. The van der Waals surface area contributed by atoms with Crippen molar-refractivity contribution >= 4 is 24.8 Å². The lowest BCUT2D eigenvalue weighted by Gasteiger charge is -2.09. The number of hydrogen-bond donors (Lipinski definition) is 3. The van der Waals surface area contributed by atoms with Gasteiger partial charge in [-0.2, -0.15) is 5.10 Å². The lowest BCUT2D eigenvalue weighted by molar-refractivity contribution is 0.627. The molecule has 5 nitrogen and oxygen atoms in total. The predicted octanol–water partition coefficient (Wildman–Crippen LogP) is 1.29. The van der Waals surface area contributed by atoms with Crippen LogP contribution in [0.2, 0.25) is 0 Å². The molecule has 0 unspecified atom stereocenters. The third-order valence-electron chi connectivity index (χ3n) is 2.48. The first-order valence-electron chi connectivity index (χ1n) is 4.71. The summed E-state index contributed by atoms with van der Waals surface area (Å²) in [6.45, 7) is 1.91. The Kier molecular flexibility index (Phi) is 4.35. The van der Waals surface area contributed by atoms with Crippen LogP contribution in [0.25, 0.3) is 11.4 Å². The van der Waals surface area contributed by atoms with Crippen LogP contribution >= 0.6 is 24.8 Å². The van der Waals surface area contributed by atoms with Crippen molar-refractivity contribution in [2.24, 2.45) is 0 Å². The quantitative estimate of drug-likeness (QED) is 0.725. The summed E-state index contributed by atoms with van der Waals surface area (Å²) in [5.41, 5.74) is 3.40. The average molecular weight is 262 g/mol. The maximum absolute atomic E-state index is 4.54. The summed E-state index contributed by atoms with van der Waals surface area (Å²) in [6, 6.07) is 0. The molecule has 88 valence electrons. The maximum Gasteiger partial charge on any atom is 0.141 e. The van der Waals surface area contributed by atoms with Gasteiger partial charge in [-0.05, 0) is 0 Å². The summed E-state index contributed by atoms with van der Waals surface area (Å²) >= 11 is 0. The smallest absolute Gasteiger partial charge is 0.141 e. The number of imidazole rings is 1. The highest BCUT2D eigenvalue weighted by atomic mass is 35.5. The number of halogens is 2. The summed E-state index contributed by atoms with van der Waals surface area (Å²) in [4.78, 5) is 7.84. The summed E-state index contributed by atoms with van der Waals surface area (Å²) in [6.07, 6.45) is 4.62. The molecule has 0 spiro atoms. The minimum atomic E-state index is 0. The van der Waals surface area contributed by atoms with E-state index in [4.69, 9.17) is 0 Å². The van der Waals surface area contributed by atoms with Crippen LogP contribution in [0.5, 0.6) is 0 Å². The van der Waals surface area contributed by atoms with Gasteiger partial charge >= 0.3 is 0 Å². The van der Waals surface area contributed by atoms with Crippen molar-refractivity contribution in [1.29, 1.82) is 0 Å². The number of fused-ring (bicyclic) bond motifs is 1. The molecule has 3 rings (SSSR count). The monoisotopic (exact) mass is 261 g/mol. The molecule has 0 saturated heterocycles. The molecule has 3 heterocycles.